The Morgan fingerprint density at radius 2 is 1.50 bits per heavy atom. The van der Waals surface area contributed by atoms with E-state index in [0.29, 0.717) is 23.8 Å². The van der Waals surface area contributed by atoms with Gasteiger partial charge < -0.3 is 16.0 Å². The van der Waals surface area contributed by atoms with Gasteiger partial charge in [-0.1, -0.05) is 44.2 Å². The fourth-order valence-corrected chi connectivity index (χ4v) is 4.10. The first-order chi connectivity index (χ1) is 14.4. The molecule has 2 amide bonds. The molecule has 0 bridgehead atoms. The molecule has 1 atom stereocenters. The van der Waals surface area contributed by atoms with Crippen LogP contribution in [-0.2, 0) is 9.59 Å². The molecule has 2 aromatic carbocycles. The van der Waals surface area contributed by atoms with Crippen molar-refractivity contribution < 1.29 is 14.9 Å². The zero-order chi connectivity index (χ0) is 21.5. The lowest BCUT2D eigenvalue weighted by atomic mass is 9.98. The molecule has 4 N–H and O–H groups in total. The summed E-state index contributed by atoms with van der Waals surface area (Å²) in [6.45, 7) is 6.14. The highest BCUT2D eigenvalue weighted by Crippen LogP contribution is 2.24. The third-order valence-electron chi connectivity index (χ3n) is 4.84. The average molecular weight is 423 g/mol. The van der Waals surface area contributed by atoms with Gasteiger partial charge in [0.05, 0.1) is 4.88 Å². The summed E-state index contributed by atoms with van der Waals surface area (Å²) in [5.41, 5.74) is 3.91. The Kier molecular flexibility index (Phi) is 7.38. The fourth-order valence-electron chi connectivity index (χ4n) is 3.25. The molecule has 0 aliphatic rings. The molecule has 156 valence electrons. The minimum atomic E-state index is -0.123. The van der Waals surface area contributed by atoms with Gasteiger partial charge in [0.25, 0.3) is 5.91 Å². The van der Waals surface area contributed by atoms with Crippen LogP contribution in [0.4, 0.5) is 11.4 Å². The quantitative estimate of drug-likeness (QED) is 0.511. The van der Waals surface area contributed by atoms with Gasteiger partial charge in [0.2, 0.25) is 5.91 Å². The number of amides is 2. The highest BCUT2D eigenvalue weighted by Gasteiger charge is 2.20. The Bertz CT molecular complexity index is 965. The van der Waals surface area contributed by atoms with Gasteiger partial charge in [-0.25, -0.2) is 0 Å². The molecule has 0 saturated carbocycles. The van der Waals surface area contributed by atoms with Gasteiger partial charge in [-0.3, -0.25) is 9.59 Å². The maximum atomic E-state index is 12.5. The molecule has 1 aromatic heterocycles. The number of thiophene rings is 1. The smallest absolute Gasteiger partial charge is 0.279 e. The molecule has 30 heavy (non-hydrogen) atoms. The van der Waals surface area contributed by atoms with Crippen molar-refractivity contribution in [3.8, 4) is 0 Å². The number of rotatable bonds is 8. The van der Waals surface area contributed by atoms with E-state index in [1.165, 1.54) is 22.9 Å². The van der Waals surface area contributed by atoms with E-state index < -0.39 is 0 Å². The summed E-state index contributed by atoms with van der Waals surface area (Å²) in [4.78, 5) is 24.8. The molecular weight excluding hydrogens is 394 g/mol. The van der Waals surface area contributed by atoms with Crippen LogP contribution in [0.15, 0.2) is 66.0 Å². The number of carbonyl (C=O) groups is 2. The van der Waals surface area contributed by atoms with Crippen LogP contribution in [0.2, 0.25) is 0 Å². The van der Waals surface area contributed by atoms with Crippen LogP contribution in [0.3, 0.4) is 0 Å². The van der Waals surface area contributed by atoms with Crippen LogP contribution in [0.25, 0.3) is 0 Å². The van der Waals surface area contributed by atoms with E-state index in [1.54, 1.807) is 35.6 Å². The van der Waals surface area contributed by atoms with E-state index >= 15 is 0 Å². The summed E-state index contributed by atoms with van der Waals surface area (Å²) in [6.07, 6.45) is 0. The Hall–Kier alpha value is -2.96. The lowest BCUT2D eigenvalue weighted by Crippen LogP contribution is -2.87. The number of nitrogens with two attached hydrogens (primary N) is 1. The maximum Gasteiger partial charge on any atom is 0.279 e. The molecule has 5 nitrogen and oxygen atoms in total. The Labute approximate surface area is 181 Å². The summed E-state index contributed by atoms with van der Waals surface area (Å²) in [5, 5.41) is 9.76. The van der Waals surface area contributed by atoms with E-state index in [0.717, 1.165) is 0 Å². The minimum absolute atomic E-state index is 0.0670. The van der Waals surface area contributed by atoms with Gasteiger partial charge in [-0.05, 0) is 47.2 Å². The van der Waals surface area contributed by atoms with Crippen LogP contribution < -0.4 is 16.0 Å². The molecule has 0 aliphatic carbocycles. The number of carbonyl (C=O) groups excluding carboxylic acids is 2. The van der Waals surface area contributed by atoms with Crippen molar-refractivity contribution in [2.75, 3.05) is 17.2 Å². The van der Waals surface area contributed by atoms with E-state index in [1.807, 2.05) is 6.07 Å². The van der Waals surface area contributed by atoms with Crippen molar-refractivity contribution in [1.82, 2.24) is 0 Å². The van der Waals surface area contributed by atoms with Crippen LogP contribution >= 0.6 is 11.3 Å². The Morgan fingerprint density at radius 3 is 2.03 bits per heavy atom. The second-order valence-corrected chi connectivity index (χ2v) is 8.54. The summed E-state index contributed by atoms with van der Waals surface area (Å²) in [5.74, 6) is 0.302. The summed E-state index contributed by atoms with van der Waals surface area (Å²) >= 11 is 1.70. The molecule has 1 heterocycles. The second kappa shape index (κ2) is 10.2. The first-order valence-corrected chi connectivity index (χ1v) is 10.9. The van der Waals surface area contributed by atoms with Crippen molar-refractivity contribution in [2.45, 2.75) is 32.7 Å². The summed E-state index contributed by atoms with van der Waals surface area (Å²) < 4.78 is 0. The number of hydrogen-bond donors (Lipinski definition) is 3. The SMILES string of the molecule is CC(=O)Nc1ccc(NC(=O)C[NH2+][C@@H](c2ccc(C(C)C)cc2)c2cccs2)cc1. The summed E-state index contributed by atoms with van der Waals surface area (Å²) in [6, 6.07) is 20.0. The first kappa shape index (κ1) is 21.7. The van der Waals surface area contributed by atoms with Crippen molar-refractivity contribution in [3.63, 3.8) is 0 Å². The number of nitrogens with one attached hydrogen (secondary N) is 2. The highest BCUT2D eigenvalue weighted by atomic mass is 32.1. The predicted octanol–water partition coefficient (Wildman–Crippen LogP) is 4.12. The normalized spacial score (nSPS) is 11.9. The minimum Gasteiger partial charge on any atom is -0.328 e. The van der Waals surface area contributed by atoms with E-state index in [2.05, 4.69) is 65.5 Å². The maximum absolute atomic E-state index is 12.5. The van der Waals surface area contributed by atoms with Crippen LogP contribution in [0.1, 0.15) is 48.7 Å². The second-order valence-electron chi connectivity index (χ2n) is 7.56. The van der Waals surface area contributed by atoms with Crippen molar-refractivity contribution in [1.29, 1.82) is 0 Å². The van der Waals surface area contributed by atoms with Gasteiger partial charge in [-0.2, -0.15) is 0 Å². The molecule has 6 heteroatoms. The number of anilines is 2. The lowest BCUT2D eigenvalue weighted by molar-refractivity contribution is -0.675. The highest BCUT2D eigenvalue weighted by molar-refractivity contribution is 7.10. The number of hydrogen-bond acceptors (Lipinski definition) is 3. The molecule has 0 spiro atoms. The van der Waals surface area contributed by atoms with Crippen LogP contribution in [0.5, 0.6) is 0 Å². The lowest BCUT2D eigenvalue weighted by Gasteiger charge is -2.16. The average Bonchev–Trinajstić information content (AvgIpc) is 3.24. The van der Waals surface area contributed by atoms with E-state index in [4.69, 9.17) is 0 Å². The van der Waals surface area contributed by atoms with E-state index in [9.17, 15) is 9.59 Å². The molecular formula is C24H28N3O2S+. The molecule has 0 aliphatic heterocycles. The molecule has 3 aromatic rings. The van der Waals surface area contributed by atoms with Gasteiger partial charge in [0.1, 0.15) is 6.04 Å². The number of quaternary nitrogens is 1. The van der Waals surface area contributed by atoms with Gasteiger partial charge in [-0.15, -0.1) is 11.3 Å². The fraction of sp³-hybridized carbons (Fsp3) is 0.250. The predicted molar refractivity (Wildman–Crippen MR) is 123 cm³/mol. The summed E-state index contributed by atoms with van der Waals surface area (Å²) in [7, 11) is 0. The van der Waals surface area contributed by atoms with Crippen molar-refractivity contribution in [3.05, 3.63) is 82.0 Å². The monoisotopic (exact) mass is 422 g/mol. The largest absolute Gasteiger partial charge is 0.328 e. The van der Waals surface area contributed by atoms with E-state index in [-0.39, 0.29) is 17.9 Å². The molecule has 3 rings (SSSR count). The number of benzene rings is 2. The third kappa shape index (κ3) is 6.02. The third-order valence-corrected chi connectivity index (χ3v) is 5.80. The molecule has 0 fully saturated rings. The molecule has 0 radical (unpaired) electrons. The molecule has 0 saturated heterocycles. The zero-order valence-electron chi connectivity index (χ0n) is 17.5. The van der Waals surface area contributed by atoms with Crippen molar-refractivity contribution >= 4 is 34.5 Å². The molecule has 0 unspecified atom stereocenters. The zero-order valence-corrected chi connectivity index (χ0v) is 18.3. The van der Waals surface area contributed by atoms with Crippen molar-refractivity contribution in [2.24, 2.45) is 0 Å². The Morgan fingerprint density at radius 1 is 0.900 bits per heavy atom. The standard InChI is InChI=1S/C24H27N3O2S/c1-16(2)18-6-8-19(9-7-18)24(22-5-4-14-30-22)25-15-23(29)27-21-12-10-20(11-13-21)26-17(3)28/h4-14,16,24-25H,15H2,1-3H3,(H,26,28)(H,27,29)/p+1/t24-/m0/s1. The topological polar surface area (TPSA) is 74.8 Å². The van der Waals surface area contributed by atoms with Gasteiger partial charge in [0, 0.05) is 23.9 Å². The van der Waals surface area contributed by atoms with Gasteiger partial charge in [0.15, 0.2) is 6.54 Å². The van der Waals surface area contributed by atoms with Crippen LogP contribution in [0, 0.1) is 0 Å². The van der Waals surface area contributed by atoms with Crippen LogP contribution in [-0.4, -0.2) is 18.4 Å². The Balaban J connectivity index is 1.64. The van der Waals surface area contributed by atoms with Gasteiger partial charge >= 0.3 is 0 Å². The first-order valence-electron chi connectivity index (χ1n) is 10.1.